The number of benzene rings is 1. The van der Waals surface area contributed by atoms with Crippen LogP contribution in [0.25, 0.3) is 0 Å². The van der Waals surface area contributed by atoms with Crippen molar-refractivity contribution in [2.75, 3.05) is 13.7 Å². The summed E-state index contributed by atoms with van der Waals surface area (Å²) in [4.78, 5) is 12.2. The first-order valence-corrected chi connectivity index (χ1v) is 14.7. The van der Waals surface area contributed by atoms with Crippen molar-refractivity contribution in [2.45, 2.75) is 96.6 Å². The fraction of sp³-hybridized carbons (Fsp3) is 0.750. The number of aliphatic hydroxyl groups is 1. The molecule has 0 radical (unpaired) electrons. The van der Waals surface area contributed by atoms with Crippen molar-refractivity contribution in [1.82, 2.24) is 5.32 Å². The number of carbonyl (C=O) groups is 1. The Morgan fingerprint density at radius 3 is 2.68 bits per heavy atom. The first-order valence-electron chi connectivity index (χ1n) is 14.7. The van der Waals surface area contributed by atoms with Crippen molar-refractivity contribution >= 4 is 5.97 Å². The van der Waals surface area contributed by atoms with Crippen LogP contribution in [0.15, 0.2) is 18.2 Å². The minimum absolute atomic E-state index is 0.341. The average Bonchev–Trinajstić information content (AvgIpc) is 3.24. The zero-order valence-electron chi connectivity index (χ0n) is 23.3. The molecule has 4 fully saturated rings. The maximum atomic E-state index is 12.2. The van der Waals surface area contributed by atoms with Crippen LogP contribution in [0, 0.1) is 52.3 Å². The van der Waals surface area contributed by atoms with E-state index in [0.29, 0.717) is 34.9 Å². The van der Waals surface area contributed by atoms with Crippen LogP contribution in [0.5, 0.6) is 0 Å². The summed E-state index contributed by atoms with van der Waals surface area (Å²) in [5.74, 6) is 4.49. The van der Waals surface area contributed by atoms with Gasteiger partial charge in [0.1, 0.15) is 0 Å². The number of carbonyl (C=O) groups excluding carboxylic acids is 1. The zero-order valence-corrected chi connectivity index (χ0v) is 23.3. The van der Waals surface area contributed by atoms with Gasteiger partial charge in [-0.3, -0.25) is 0 Å². The number of nitriles is 1. The molecule has 1 aromatic carbocycles. The van der Waals surface area contributed by atoms with Crippen LogP contribution in [0.4, 0.5) is 0 Å². The Kier molecular flexibility index (Phi) is 7.46. The predicted octanol–water partition coefficient (Wildman–Crippen LogP) is 5.89. The quantitative estimate of drug-likeness (QED) is 0.471. The van der Waals surface area contributed by atoms with E-state index in [1.807, 2.05) is 6.07 Å². The first-order chi connectivity index (χ1) is 17.7. The minimum atomic E-state index is -0.440. The van der Waals surface area contributed by atoms with E-state index in [9.17, 15) is 15.2 Å². The Hall–Kier alpha value is -1.90. The number of ether oxygens (including phenoxy) is 1. The van der Waals surface area contributed by atoms with Crippen molar-refractivity contribution in [3.8, 4) is 6.07 Å². The van der Waals surface area contributed by atoms with E-state index >= 15 is 0 Å². The highest BCUT2D eigenvalue weighted by molar-refractivity contribution is 5.91. The minimum Gasteiger partial charge on any atom is -0.465 e. The van der Waals surface area contributed by atoms with E-state index in [1.165, 1.54) is 52.1 Å². The molecule has 0 saturated heterocycles. The standard InChI is InChI=1S/C32H46N2O3/c1-20(34-16-13-22-17-21(19-33)5-7-25(22)30(35)37-4)28-9-10-29-27-8-6-23-18-31(2,36)14-11-24(23)26(27)12-15-32(28,29)3/h5,7,17,20,23-24,26-29,34,36H,6,8-16,18H2,1-4H3/t20-,23-,24+,26?,27-,28?,29+,31-,32-/m1/s1. The lowest BCUT2D eigenvalue weighted by atomic mass is 9.49. The molecule has 0 amide bonds. The normalized spacial score (nSPS) is 39.6. The smallest absolute Gasteiger partial charge is 0.338 e. The van der Waals surface area contributed by atoms with Gasteiger partial charge >= 0.3 is 5.97 Å². The Balaban J connectivity index is 1.22. The molecule has 0 heterocycles. The third-order valence-electron chi connectivity index (χ3n) is 11.4. The van der Waals surface area contributed by atoms with Crippen molar-refractivity contribution in [3.63, 3.8) is 0 Å². The highest BCUT2D eigenvalue weighted by Gasteiger charge is 2.58. The zero-order chi connectivity index (χ0) is 26.4. The lowest BCUT2D eigenvalue weighted by Gasteiger charge is -2.57. The number of nitrogens with one attached hydrogen (secondary N) is 1. The maximum Gasteiger partial charge on any atom is 0.338 e. The van der Waals surface area contributed by atoms with Gasteiger partial charge in [0.05, 0.1) is 29.9 Å². The van der Waals surface area contributed by atoms with Gasteiger partial charge in [-0.1, -0.05) is 6.92 Å². The summed E-state index contributed by atoms with van der Waals surface area (Å²) < 4.78 is 4.96. The van der Waals surface area contributed by atoms with Gasteiger partial charge in [-0.15, -0.1) is 0 Å². The van der Waals surface area contributed by atoms with Crippen LogP contribution in [0.1, 0.15) is 100 Å². The lowest BCUT2D eigenvalue weighted by molar-refractivity contribution is -0.101. The Morgan fingerprint density at radius 2 is 1.92 bits per heavy atom. The highest BCUT2D eigenvalue weighted by atomic mass is 16.5. The molecule has 4 aliphatic rings. The van der Waals surface area contributed by atoms with E-state index in [-0.39, 0.29) is 5.97 Å². The van der Waals surface area contributed by atoms with Crippen molar-refractivity contribution < 1.29 is 14.6 Å². The molecule has 202 valence electrons. The van der Waals surface area contributed by atoms with Gasteiger partial charge in [-0.2, -0.15) is 5.26 Å². The second-order valence-corrected chi connectivity index (χ2v) is 13.4. The van der Waals surface area contributed by atoms with Crippen LogP contribution < -0.4 is 5.32 Å². The van der Waals surface area contributed by atoms with E-state index in [1.54, 1.807) is 12.1 Å². The van der Waals surface area contributed by atoms with Gasteiger partial charge in [-0.05, 0) is 149 Å². The molecular weight excluding hydrogens is 460 g/mol. The van der Waals surface area contributed by atoms with Crippen LogP contribution in [-0.4, -0.2) is 36.4 Å². The van der Waals surface area contributed by atoms with Crippen molar-refractivity contribution in [1.29, 1.82) is 5.26 Å². The average molecular weight is 507 g/mol. The predicted molar refractivity (Wildman–Crippen MR) is 145 cm³/mol. The Bertz CT molecular complexity index is 1040. The Morgan fingerprint density at radius 1 is 1.14 bits per heavy atom. The van der Waals surface area contributed by atoms with Crippen LogP contribution in [0.2, 0.25) is 0 Å². The molecule has 2 N–H and O–H groups in total. The summed E-state index contributed by atoms with van der Waals surface area (Å²) in [6.07, 6.45) is 12.0. The van der Waals surface area contributed by atoms with E-state index in [0.717, 1.165) is 54.5 Å². The molecule has 0 bridgehead atoms. The van der Waals surface area contributed by atoms with Gasteiger partial charge in [0.2, 0.25) is 0 Å². The van der Waals surface area contributed by atoms with Crippen molar-refractivity contribution in [3.05, 3.63) is 34.9 Å². The fourth-order valence-electron chi connectivity index (χ4n) is 9.70. The van der Waals surface area contributed by atoms with Gasteiger partial charge in [0.25, 0.3) is 0 Å². The fourth-order valence-corrected chi connectivity index (χ4v) is 9.70. The summed E-state index contributed by atoms with van der Waals surface area (Å²) in [6, 6.07) is 7.84. The van der Waals surface area contributed by atoms with Gasteiger partial charge in [0, 0.05) is 6.04 Å². The van der Waals surface area contributed by atoms with Crippen molar-refractivity contribution in [2.24, 2.45) is 40.9 Å². The molecular formula is C32H46N2O3. The van der Waals surface area contributed by atoms with E-state index < -0.39 is 5.60 Å². The number of hydrogen-bond acceptors (Lipinski definition) is 5. The Labute approximate surface area is 223 Å². The molecule has 5 heteroatoms. The monoisotopic (exact) mass is 506 g/mol. The molecule has 2 unspecified atom stereocenters. The largest absolute Gasteiger partial charge is 0.465 e. The van der Waals surface area contributed by atoms with Gasteiger partial charge in [0.15, 0.2) is 0 Å². The number of fused-ring (bicyclic) bond motifs is 5. The molecule has 0 spiro atoms. The second kappa shape index (κ2) is 10.3. The lowest BCUT2D eigenvalue weighted by Crippen LogP contribution is -2.52. The number of nitrogens with zero attached hydrogens (tertiary/aromatic N) is 1. The molecule has 4 aliphatic carbocycles. The third kappa shape index (κ3) is 4.97. The number of rotatable bonds is 6. The summed E-state index contributed by atoms with van der Waals surface area (Å²) in [5, 5.41) is 23.8. The molecule has 37 heavy (non-hydrogen) atoms. The van der Waals surface area contributed by atoms with Gasteiger partial charge < -0.3 is 15.2 Å². The molecule has 9 atom stereocenters. The maximum absolute atomic E-state index is 12.2. The van der Waals surface area contributed by atoms with Crippen LogP contribution >= 0.6 is 0 Å². The number of esters is 1. The molecule has 5 rings (SSSR count). The molecule has 0 aromatic heterocycles. The summed E-state index contributed by atoms with van der Waals surface area (Å²) in [7, 11) is 1.40. The number of methoxy groups -OCH3 is 1. The van der Waals surface area contributed by atoms with E-state index in [2.05, 4.69) is 32.2 Å². The number of hydrogen-bond donors (Lipinski definition) is 2. The van der Waals surface area contributed by atoms with E-state index in [4.69, 9.17) is 4.74 Å². The third-order valence-corrected chi connectivity index (χ3v) is 11.4. The summed E-state index contributed by atoms with van der Waals surface area (Å²) in [6.45, 7) is 7.79. The second-order valence-electron chi connectivity index (χ2n) is 13.4. The molecule has 5 nitrogen and oxygen atoms in total. The molecule has 4 saturated carbocycles. The topological polar surface area (TPSA) is 82.4 Å². The van der Waals surface area contributed by atoms with Crippen LogP contribution in [-0.2, 0) is 11.2 Å². The summed E-state index contributed by atoms with van der Waals surface area (Å²) in [5.41, 5.74) is 1.98. The SMILES string of the molecule is COC(=O)c1ccc(C#N)cc1CCN[C@H](C)C1CC[C@H]2[C@@H]3CC[C@@H]4C[C@](C)(O)CC[C@@H]4C3CC[C@]12C. The molecule has 0 aliphatic heterocycles. The van der Waals surface area contributed by atoms with Gasteiger partial charge in [-0.25, -0.2) is 4.79 Å². The first kappa shape index (κ1) is 26.7. The van der Waals surface area contributed by atoms with Crippen LogP contribution in [0.3, 0.4) is 0 Å². The highest BCUT2D eigenvalue weighted by Crippen LogP contribution is 2.65. The molecule has 1 aromatic rings. The summed E-state index contributed by atoms with van der Waals surface area (Å²) >= 11 is 0.